The first-order valence-electron chi connectivity index (χ1n) is 13.7. The van der Waals surface area contributed by atoms with E-state index >= 15 is 0 Å². The summed E-state index contributed by atoms with van der Waals surface area (Å²) < 4.78 is 4.84. The number of aliphatic hydroxyl groups is 4. The molecule has 1 aliphatic rings. The molecule has 0 unspecified atom stereocenters. The van der Waals surface area contributed by atoms with Crippen LogP contribution in [0.1, 0.15) is 41.4 Å². The first kappa shape index (κ1) is 38.3. The molecule has 0 radical (unpaired) electrons. The highest BCUT2D eigenvalue weighted by Crippen LogP contribution is 2.32. The molecule has 48 heavy (non-hydrogen) atoms. The molecule has 4 atom stereocenters. The van der Waals surface area contributed by atoms with Crippen molar-refractivity contribution in [3.05, 3.63) is 148 Å². The Morgan fingerprint density at radius 3 is 1.25 bits per heavy atom. The fourth-order valence-electron chi connectivity index (χ4n) is 3.82. The quantitative estimate of drug-likeness (QED) is 0.0851. The maximum Gasteiger partial charge on any atom is 0.335 e. The van der Waals surface area contributed by atoms with Gasteiger partial charge in [0.05, 0.1) is 28.2 Å². The number of Topliss-reactive ketones (excluding diaryl/α,β-unsaturated/α-hetero) is 1. The molecule has 15 nitrogen and oxygen atoms in total. The Labute approximate surface area is 272 Å². The Hall–Kier alpha value is -5.84. The van der Waals surface area contributed by atoms with Crippen LogP contribution >= 0.6 is 0 Å². The molecule has 0 aromatic heterocycles. The lowest BCUT2D eigenvalue weighted by atomic mass is 9.96. The molecule has 1 fully saturated rings. The van der Waals surface area contributed by atoms with E-state index < -0.39 is 59.3 Å². The van der Waals surface area contributed by atoms with E-state index in [0.717, 1.165) is 24.3 Å². The Bertz CT molecular complexity index is 1530. The largest absolute Gasteiger partial charge is 0.478 e. The van der Waals surface area contributed by atoms with E-state index in [1.807, 2.05) is 0 Å². The van der Waals surface area contributed by atoms with Crippen LogP contribution in [0.5, 0.6) is 0 Å². The third-order valence-electron chi connectivity index (χ3n) is 6.34. The summed E-state index contributed by atoms with van der Waals surface area (Å²) in [6.07, 6.45) is -4.90. The van der Waals surface area contributed by atoms with Crippen LogP contribution in [0.4, 0.5) is 5.69 Å². The van der Waals surface area contributed by atoms with Crippen molar-refractivity contribution in [2.24, 2.45) is 0 Å². The number of ketones is 1. The monoisotopic (exact) mass is 665 g/mol. The van der Waals surface area contributed by atoms with Crippen molar-refractivity contribution in [1.29, 1.82) is 0 Å². The van der Waals surface area contributed by atoms with E-state index in [9.17, 15) is 44.6 Å². The van der Waals surface area contributed by atoms with Gasteiger partial charge in [0.15, 0.2) is 0 Å². The Kier molecular flexibility index (Phi) is 14.7. The van der Waals surface area contributed by atoms with Crippen LogP contribution in [0.15, 0.2) is 115 Å². The van der Waals surface area contributed by atoms with Crippen molar-refractivity contribution >= 4 is 29.4 Å². The van der Waals surface area contributed by atoms with Crippen molar-refractivity contribution < 1.29 is 64.6 Å². The van der Waals surface area contributed by atoms with Crippen LogP contribution in [0.2, 0.25) is 0 Å². The fraction of sp³-hybridized carbons (Fsp3) is 0.152. The number of carboxylic acid groups (broad SMARTS) is 3. The summed E-state index contributed by atoms with van der Waals surface area (Å²) in [7, 11) is 0. The molecule has 1 saturated heterocycles. The molecule has 0 saturated carbocycles. The highest BCUT2D eigenvalue weighted by Gasteiger charge is 2.58. The lowest BCUT2D eigenvalue weighted by Crippen LogP contribution is -2.49. The number of non-ortho nitro benzene ring substituents is 1. The predicted octanol–water partition coefficient (Wildman–Crippen LogP) is 2.73. The standard InChI is InChI=1S/C12H13NO8.3C7H6O2/c14-5-8-9(15)11(17)12(18,21-8)10(16)6-1-3-7(4-2-6)13(19)20;3*8-7(9)6-4-2-1-3-5-6/h1-4,8-9,11,14-15,17-18H,5H2;3*1-5H,(H,8,9)/t8-,9-,11-,12-;;;/m1.../s1. The number of ether oxygens (including phenoxy) is 1. The summed E-state index contributed by atoms with van der Waals surface area (Å²) in [6, 6.07) is 29.2. The SMILES string of the molecule is O=C(O)c1ccccc1.O=C(O)c1ccccc1.O=C(O)c1ccccc1.O=C(c1ccc([N+](=O)[O-])cc1)[C@@]1(O)O[C@H](CO)[C@@H](O)[C@H]1O. The van der Waals surface area contributed by atoms with Crippen molar-refractivity contribution in [1.82, 2.24) is 0 Å². The highest BCUT2D eigenvalue weighted by molar-refractivity contribution is 6.02. The smallest absolute Gasteiger partial charge is 0.335 e. The van der Waals surface area contributed by atoms with E-state index in [1.165, 1.54) is 0 Å². The number of rotatable bonds is 7. The first-order valence-corrected chi connectivity index (χ1v) is 13.7. The Balaban J connectivity index is 0.000000246. The van der Waals surface area contributed by atoms with Crippen LogP contribution in [0.3, 0.4) is 0 Å². The molecular formula is C33H31NO14. The molecule has 1 heterocycles. The summed E-state index contributed by atoms with van der Waals surface area (Å²) in [5.74, 6) is -6.43. The number of aromatic carboxylic acids is 3. The van der Waals surface area contributed by atoms with Gasteiger partial charge in [-0.3, -0.25) is 14.9 Å². The lowest BCUT2D eigenvalue weighted by Gasteiger charge is -2.24. The minimum absolute atomic E-state index is 0.145. The Morgan fingerprint density at radius 2 is 1.00 bits per heavy atom. The number of aliphatic hydroxyl groups excluding tert-OH is 3. The van der Waals surface area contributed by atoms with Gasteiger partial charge in [-0.25, -0.2) is 14.4 Å². The predicted molar refractivity (Wildman–Crippen MR) is 167 cm³/mol. The van der Waals surface area contributed by atoms with Crippen molar-refractivity contribution in [2.45, 2.75) is 24.1 Å². The second kappa shape index (κ2) is 18.3. The average molecular weight is 666 g/mol. The summed E-state index contributed by atoms with van der Waals surface area (Å²) in [5.41, 5.74) is 0.597. The number of benzene rings is 4. The zero-order chi connectivity index (χ0) is 35.9. The molecule has 7 N–H and O–H groups in total. The third kappa shape index (κ3) is 10.9. The van der Waals surface area contributed by atoms with E-state index in [-0.39, 0.29) is 11.3 Å². The minimum atomic E-state index is -2.72. The van der Waals surface area contributed by atoms with Crippen molar-refractivity contribution in [3.63, 3.8) is 0 Å². The summed E-state index contributed by atoms with van der Waals surface area (Å²) in [5, 5.41) is 74.0. The number of nitrogens with zero attached hydrogens (tertiary/aromatic N) is 1. The second-order valence-electron chi connectivity index (χ2n) is 9.62. The zero-order valence-corrected chi connectivity index (χ0v) is 24.8. The normalized spacial score (nSPS) is 19.0. The second-order valence-corrected chi connectivity index (χ2v) is 9.62. The molecule has 1 aliphatic heterocycles. The molecule has 15 heteroatoms. The number of carbonyl (C=O) groups is 4. The molecule has 4 aromatic rings. The van der Waals surface area contributed by atoms with Gasteiger partial charge in [0.2, 0.25) is 5.78 Å². The fourth-order valence-corrected chi connectivity index (χ4v) is 3.82. The van der Waals surface area contributed by atoms with Crippen LogP contribution in [0.25, 0.3) is 0 Å². The number of nitro benzene ring substituents is 1. The summed E-state index contributed by atoms with van der Waals surface area (Å²) in [4.78, 5) is 52.6. The number of carbonyl (C=O) groups excluding carboxylic acids is 1. The first-order chi connectivity index (χ1) is 22.7. The van der Waals surface area contributed by atoms with Gasteiger partial charge in [0, 0.05) is 17.7 Å². The lowest BCUT2D eigenvalue weighted by molar-refractivity contribution is -0.384. The molecular weight excluding hydrogens is 634 g/mol. The van der Waals surface area contributed by atoms with Gasteiger partial charge >= 0.3 is 17.9 Å². The maximum absolute atomic E-state index is 12.2. The summed E-state index contributed by atoms with van der Waals surface area (Å²) >= 11 is 0. The van der Waals surface area contributed by atoms with Gasteiger partial charge in [0.1, 0.15) is 18.3 Å². The number of hydrogen-bond acceptors (Lipinski definition) is 11. The maximum atomic E-state index is 12.2. The Morgan fingerprint density at radius 1 is 0.646 bits per heavy atom. The van der Waals surface area contributed by atoms with E-state index in [4.69, 9.17) is 25.2 Å². The average Bonchev–Trinajstić information content (AvgIpc) is 3.34. The van der Waals surface area contributed by atoms with E-state index in [2.05, 4.69) is 0 Å². The van der Waals surface area contributed by atoms with Crippen molar-refractivity contribution in [3.8, 4) is 0 Å². The van der Waals surface area contributed by atoms with Gasteiger partial charge in [0.25, 0.3) is 11.5 Å². The molecule has 0 aliphatic carbocycles. The van der Waals surface area contributed by atoms with Crippen LogP contribution in [-0.2, 0) is 4.74 Å². The van der Waals surface area contributed by atoms with Gasteiger partial charge in [-0.05, 0) is 48.5 Å². The van der Waals surface area contributed by atoms with Crippen LogP contribution in [0, 0.1) is 10.1 Å². The minimum Gasteiger partial charge on any atom is -0.478 e. The molecule has 0 amide bonds. The van der Waals surface area contributed by atoms with Gasteiger partial charge in [-0.15, -0.1) is 0 Å². The number of carboxylic acids is 3. The molecule has 4 aromatic carbocycles. The highest BCUT2D eigenvalue weighted by atomic mass is 16.7. The van der Waals surface area contributed by atoms with Gasteiger partial charge < -0.3 is 40.5 Å². The third-order valence-corrected chi connectivity index (χ3v) is 6.34. The number of hydrogen-bond donors (Lipinski definition) is 7. The van der Waals surface area contributed by atoms with Crippen molar-refractivity contribution in [2.75, 3.05) is 6.61 Å². The zero-order valence-electron chi connectivity index (χ0n) is 24.8. The topological polar surface area (TPSA) is 262 Å². The molecule has 0 spiro atoms. The van der Waals surface area contributed by atoms with Crippen LogP contribution in [-0.4, -0.2) is 95.1 Å². The van der Waals surface area contributed by atoms with Gasteiger partial charge in [-0.2, -0.15) is 0 Å². The van der Waals surface area contributed by atoms with Gasteiger partial charge in [-0.1, -0.05) is 54.6 Å². The molecule has 252 valence electrons. The molecule has 5 rings (SSSR count). The van der Waals surface area contributed by atoms with Crippen LogP contribution < -0.4 is 0 Å². The van der Waals surface area contributed by atoms with E-state index in [0.29, 0.717) is 16.7 Å². The summed E-state index contributed by atoms with van der Waals surface area (Å²) in [6.45, 7) is -0.700. The van der Waals surface area contributed by atoms with E-state index in [1.54, 1.807) is 91.0 Å². The molecule has 0 bridgehead atoms. The number of nitro groups is 1.